The summed E-state index contributed by atoms with van der Waals surface area (Å²) < 4.78 is 7.86. The maximum absolute atomic E-state index is 13.3. The molecular weight excluding hydrogens is 440 g/mol. The van der Waals surface area contributed by atoms with Crippen LogP contribution in [0.15, 0.2) is 24.3 Å². The van der Waals surface area contributed by atoms with Gasteiger partial charge in [0.25, 0.3) is 0 Å². The lowest BCUT2D eigenvalue weighted by Crippen LogP contribution is -2.50. The number of piperidine rings is 1. The van der Waals surface area contributed by atoms with Crippen molar-refractivity contribution in [2.75, 3.05) is 26.2 Å². The molecule has 2 aliphatic rings. The van der Waals surface area contributed by atoms with E-state index in [1.165, 1.54) is 11.1 Å². The van der Waals surface area contributed by atoms with Gasteiger partial charge in [0.1, 0.15) is 12.4 Å². The molecule has 1 saturated heterocycles. The number of nitrogens with one attached hydrogen (secondary N) is 1. The number of carbonyl (C=O) groups is 2. The standard InChI is InChI=1S/C28H40N4O3/c1-21-24(22(2)31(3)30-21)12-13-26(33)32-18-15-28(16-19-32)14-8-4-5-9-23-10-6-7-11-25(23)35-20-17-29-27(28)34/h6-7,10-11H,4-5,8-9,12-20H2,1-3H3,(H,29,34). The highest BCUT2D eigenvalue weighted by molar-refractivity contribution is 5.83. The highest BCUT2D eigenvalue weighted by Gasteiger charge is 2.41. The number of carbonyl (C=O) groups excluding carboxylic acids is 2. The molecule has 190 valence electrons. The van der Waals surface area contributed by atoms with Gasteiger partial charge >= 0.3 is 0 Å². The van der Waals surface area contributed by atoms with Crippen LogP contribution in [0, 0.1) is 19.3 Å². The number of likely N-dealkylation sites (tertiary alicyclic amines) is 1. The van der Waals surface area contributed by atoms with Crippen molar-refractivity contribution in [3.63, 3.8) is 0 Å². The highest BCUT2D eigenvalue weighted by Crippen LogP contribution is 2.38. The topological polar surface area (TPSA) is 76.5 Å². The Hall–Kier alpha value is -2.83. The Labute approximate surface area is 209 Å². The molecule has 0 saturated carbocycles. The van der Waals surface area contributed by atoms with Crippen LogP contribution in [-0.4, -0.2) is 52.7 Å². The number of ether oxygens (including phenoxy) is 1. The van der Waals surface area contributed by atoms with Crippen LogP contribution in [0.2, 0.25) is 0 Å². The molecule has 0 atom stereocenters. The third-order valence-corrected chi connectivity index (χ3v) is 8.02. The molecule has 1 fully saturated rings. The van der Waals surface area contributed by atoms with E-state index in [1.54, 1.807) is 0 Å². The summed E-state index contributed by atoms with van der Waals surface area (Å²) in [4.78, 5) is 28.3. The maximum Gasteiger partial charge on any atom is 0.226 e. The van der Waals surface area contributed by atoms with Gasteiger partial charge in [0, 0.05) is 32.3 Å². The van der Waals surface area contributed by atoms with E-state index in [2.05, 4.69) is 29.5 Å². The molecule has 4 rings (SSSR count). The average molecular weight is 481 g/mol. The minimum absolute atomic E-state index is 0.127. The Morgan fingerprint density at radius 2 is 1.89 bits per heavy atom. The van der Waals surface area contributed by atoms with E-state index >= 15 is 0 Å². The number of rotatable bonds is 3. The summed E-state index contributed by atoms with van der Waals surface area (Å²) in [6.45, 7) is 6.33. The molecule has 0 radical (unpaired) electrons. The molecule has 2 amide bonds. The SMILES string of the molecule is Cc1nn(C)c(C)c1CCC(=O)N1CCC2(CCCCCc3ccccc3OCCNC2=O)CC1. The lowest BCUT2D eigenvalue weighted by atomic mass is 9.73. The summed E-state index contributed by atoms with van der Waals surface area (Å²) in [5.74, 6) is 1.24. The second-order valence-electron chi connectivity index (χ2n) is 10.2. The smallest absolute Gasteiger partial charge is 0.226 e. The summed E-state index contributed by atoms with van der Waals surface area (Å²) in [5.41, 5.74) is 4.17. The molecule has 2 aliphatic heterocycles. The first-order valence-corrected chi connectivity index (χ1v) is 13.2. The van der Waals surface area contributed by atoms with Crippen LogP contribution in [0.4, 0.5) is 0 Å². The molecule has 1 aromatic carbocycles. The number of fused-ring (bicyclic) bond motifs is 1. The summed E-state index contributed by atoms with van der Waals surface area (Å²) >= 11 is 0. The van der Waals surface area contributed by atoms with E-state index in [9.17, 15) is 9.59 Å². The lowest BCUT2D eigenvalue weighted by molar-refractivity contribution is -0.141. The number of benzene rings is 1. The highest BCUT2D eigenvalue weighted by atomic mass is 16.5. The number of para-hydroxylation sites is 1. The Morgan fingerprint density at radius 1 is 1.11 bits per heavy atom. The van der Waals surface area contributed by atoms with Gasteiger partial charge in [-0.1, -0.05) is 31.0 Å². The zero-order valence-corrected chi connectivity index (χ0v) is 21.6. The molecule has 3 heterocycles. The molecule has 35 heavy (non-hydrogen) atoms. The Balaban J connectivity index is 1.33. The van der Waals surface area contributed by atoms with Crippen LogP contribution in [0.25, 0.3) is 0 Å². The van der Waals surface area contributed by atoms with Crippen LogP contribution in [0.3, 0.4) is 0 Å². The van der Waals surface area contributed by atoms with Gasteiger partial charge in [-0.05, 0) is 69.6 Å². The van der Waals surface area contributed by atoms with Gasteiger partial charge in [-0.25, -0.2) is 0 Å². The third-order valence-electron chi connectivity index (χ3n) is 8.02. The summed E-state index contributed by atoms with van der Waals surface area (Å²) in [5, 5.41) is 7.61. The van der Waals surface area contributed by atoms with Crippen LogP contribution in [0.5, 0.6) is 5.75 Å². The van der Waals surface area contributed by atoms with Gasteiger partial charge in [0.2, 0.25) is 11.8 Å². The van der Waals surface area contributed by atoms with E-state index < -0.39 is 0 Å². The van der Waals surface area contributed by atoms with Gasteiger partial charge in [-0.2, -0.15) is 5.10 Å². The van der Waals surface area contributed by atoms with Crippen molar-refractivity contribution in [3.8, 4) is 5.75 Å². The Morgan fingerprint density at radius 3 is 2.63 bits per heavy atom. The zero-order valence-electron chi connectivity index (χ0n) is 21.6. The van der Waals surface area contributed by atoms with Crippen molar-refractivity contribution in [1.29, 1.82) is 0 Å². The largest absolute Gasteiger partial charge is 0.491 e. The van der Waals surface area contributed by atoms with E-state index in [1.807, 2.05) is 35.7 Å². The van der Waals surface area contributed by atoms with Gasteiger partial charge in [-0.3, -0.25) is 14.3 Å². The summed E-state index contributed by atoms with van der Waals surface area (Å²) in [7, 11) is 1.94. The van der Waals surface area contributed by atoms with E-state index in [-0.39, 0.29) is 17.2 Å². The second kappa shape index (κ2) is 11.3. The summed E-state index contributed by atoms with van der Waals surface area (Å²) in [6.07, 6.45) is 7.78. The van der Waals surface area contributed by atoms with E-state index in [4.69, 9.17) is 4.74 Å². The van der Waals surface area contributed by atoms with Crippen LogP contribution >= 0.6 is 0 Å². The zero-order chi connectivity index (χ0) is 24.8. The lowest BCUT2D eigenvalue weighted by Gasteiger charge is -2.41. The molecule has 0 aliphatic carbocycles. The molecule has 1 spiro atoms. The van der Waals surface area contributed by atoms with E-state index in [0.29, 0.717) is 32.7 Å². The number of hydrogen-bond donors (Lipinski definition) is 1. The Bertz CT molecular complexity index is 1040. The van der Waals surface area contributed by atoms with Crippen LogP contribution < -0.4 is 10.1 Å². The summed E-state index contributed by atoms with van der Waals surface area (Å²) in [6, 6.07) is 8.21. The molecule has 2 aromatic rings. The molecular formula is C28H40N4O3. The van der Waals surface area contributed by atoms with Crippen molar-refractivity contribution in [2.24, 2.45) is 12.5 Å². The molecule has 0 bridgehead atoms. The number of aryl methyl sites for hydroxylation is 3. The molecule has 0 unspecified atom stereocenters. The maximum atomic E-state index is 13.3. The molecule has 1 aromatic heterocycles. The van der Waals surface area contributed by atoms with Crippen molar-refractivity contribution >= 4 is 11.8 Å². The van der Waals surface area contributed by atoms with Crippen molar-refractivity contribution in [3.05, 3.63) is 46.8 Å². The molecule has 7 nitrogen and oxygen atoms in total. The van der Waals surface area contributed by atoms with Crippen LogP contribution in [0.1, 0.15) is 67.5 Å². The predicted molar refractivity (Wildman–Crippen MR) is 136 cm³/mol. The quantitative estimate of drug-likeness (QED) is 0.723. The van der Waals surface area contributed by atoms with E-state index in [0.717, 1.165) is 68.5 Å². The van der Waals surface area contributed by atoms with Crippen molar-refractivity contribution in [2.45, 2.75) is 71.6 Å². The fourth-order valence-electron chi connectivity index (χ4n) is 5.66. The van der Waals surface area contributed by atoms with Crippen LogP contribution in [-0.2, 0) is 29.5 Å². The number of aromatic nitrogens is 2. The molecule has 1 N–H and O–H groups in total. The normalized spacial score (nSPS) is 19.1. The third kappa shape index (κ3) is 5.88. The first kappa shape index (κ1) is 25.3. The van der Waals surface area contributed by atoms with Gasteiger partial charge in [0.15, 0.2) is 0 Å². The second-order valence-corrected chi connectivity index (χ2v) is 10.2. The first-order chi connectivity index (χ1) is 16.9. The van der Waals surface area contributed by atoms with Crippen molar-refractivity contribution < 1.29 is 14.3 Å². The number of nitrogens with zero attached hydrogens (tertiary/aromatic N) is 3. The molecule has 7 heteroatoms. The van der Waals surface area contributed by atoms with Gasteiger partial charge in [0.05, 0.1) is 17.7 Å². The van der Waals surface area contributed by atoms with Gasteiger partial charge in [-0.15, -0.1) is 0 Å². The van der Waals surface area contributed by atoms with Gasteiger partial charge < -0.3 is 15.0 Å². The minimum atomic E-state index is -0.381. The monoisotopic (exact) mass is 480 g/mol. The minimum Gasteiger partial charge on any atom is -0.491 e. The fourth-order valence-corrected chi connectivity index (χ4v) is 5.66. The van der Waals surface area contributed by atoms with Crippen molar-refractivity contribution in [1.82, 2.24) is 20.0 Å². The predicted octanol–water partition coefficient (Wildman–Crippen LogP) is 3.89. The number of amides is 2. The number of hydrogen-bond acceptors (Lipinski definition) is 4. The first-order valence-electron chi connectivity index (χ1n) is 13.2. The average Bonchev–Trinajstić information content (AvgIpc) is 3.11. The Kier molecular flexibility index (Phi) is 8.14. The fraction of sp³-hybridized carbons (Fsp3) is 0.607.